The van der Waals surface area contributed by atoms with Crippen molar-refractivity contribution in [2.45, 2.75) is 25.3 Å². The van der Waals surface area contributed by atoms with Gasteiger partial charge in [-0.1, -0.05) is 18.2 Å². The van der Waals surface area contributed by atoms with Crippen LogP contribution in [0.2, 0.25) is 0 Å². The monoisotopic (exact) mass is 364 g/mol. The third-order valence-electron chi connectivity index (χ3n) is 4.21. The highest BCUT2D eigenvalue weighted by molar-refractivity contribution is 5.78. The molecule has 1 aromatic rings. The lowest BCUT2D eigenvalue weighted by Crippen LogP contribution is -2.47. The van der Waals surface area contributed by atoms with Crippen molar-refractivity contribution in [3.8, 4) is 5.75 Å². The first kappa shape index (κ1) is 20.2. The minimum absolute atomic E-state index is 0.0119. The molecule has 0 aliphatic carbocycles. The average Bonchev–Trinajstić information content (AvgIpc) is 2.66. The molecule has 1 heterocycles. The number of rotatable bonds is 10. The van der Waals surface area contributed by atoms with E-state index in [4.69, 9.17) is 14.2 Å². The maximum absolute atomic E-state index is 12.0. The van der Waals surface area contributed by atoms with E-state index in [9.17, 15) is 9.59 Å². The van der Waals surface area contributed by atoms with E-state index < -0.39 is 0 Å². The Morgan fingerprint density at radius 3 is 2.54 bits per heavy atom. The van der Waals surface area contributed by atoms with E-state index in [1.165, 1.54) is 0 Å². The predicted octanol–water partition coefficient (Wildman–Crippen LogP) is 1.23. The number of hydrogen-bond donors (Lipinski definition) is 1. The van der Waals surface area contributed by atoms with Crippen LogP contribution in [0.5, 0.6) is 5.75 Å². The number of nitrogens with zero attached hydrogens (tertiary/aromatic N) is 1. The fourth-order valence-electron chi connectivity index (χ4n) is 2.74. The van der Waals surface area contributed by atoms with Crippen molar-refractivity contribution in [1.82, 2.24) is 10.2 Å². The van der Waals surface area contributed by atoms with Crippen LogP contribution in [0.3, 0.4) is 0 Å². The van der Waals surface area contributed by atoms with Crippen molar-refractivity contribution in [3.05, 3.63) is 30.3 Å². The Labute approximate surface area is 154 Å². The summed E-state index contributed by atoms with van der Waals surface area (Å²) in [6, 6.07) is 9.55. The van der Waals surface area contributed by atoms with Gasteiger partial charge >= 0.3 is 0 Å². The minimum Gasteiger partial charge on any atom is -0.493 e. The molecule has 1 aliphatic heterocycles. The van der Waals surface area contributed by atoms with E-state index in [2.05, 4.69) is 5.32 Å². The van der Waals surface area contributed by atoms with Crippen molar-refractivity contribution in [1.29, 1.82) is 0 Å². The Balaban J connectivity index is 1.57. The summed E-state index contributed by atoms with van der Waals surface area (Å²) in [5.41, 5.74) is 0. The van der Waals surface area contributed by atoms with Crippen molar-refractivity contribution >= 4 is 11.8 Å². The number of carbonyl (C=O) groups is 2. The van der Waals surface area contributed by atoms with Crippen LogP contribution in [0.15, 0.2) is 30.3 Å². The number of piperidine rings is 1. The molecule has 1 aliphatic rings. The topological polar surface area (TPSA) is 77.1 Å². The Kier molecular flexibility index (Phi) is 8.92. The molecular weight excluding hydrogens is 336 g/mol. The van der Waals surface area contributed by atoms with Gasteiger partial charge in [-0.05, 0) is 25.0 Å². The molecule has 0 bridgehead atoms. The van der Waals surface area contributed by atoms with Crippen LogP contribution in [0.25, 0.3) is 0 Å². The lowest BCUT2D eigenvalue weighted by Gasteiger charge is -2.32. The fourth-order valence-corrected chi connectivity index (χ4v) is 2.74. The van der Waals surface area contributed by atoms with E-state index in [-0.39, 0.29) is 24.5 Å². The number of para-hydroxylation sites is 1. The maximum Gasteiger partial charge on any atom is 0.248 e. The third-order valence-corrected chi connectivity index (χ3v) is 4.21. The number of nitrogens with one attached hydrogen (secondary N) is 1. The van der Waals surface area contributed by atoms with Gasteiger partial charge in [0.15, 0.2) is 0 Å². The molecule has 144 valence electrons. The Bertz CT molecular complexity index is 544. The number of amides is 2. The molecule has 0 spiro atoms. The highest BCUT2D eigenvalue weighted by atomic mass is 16.5. The van der Waals surface area contributed by atoms with Gasteiger partial charge < -0.3 is 24.4 Å². The molecule has 1 aromatic carbocycles. The smallest absolute Gasteiger partial charge is 0.248 e. The fraction of sp³-hybridized carbons (Fsp3) is 0.579. The highest BCUT2D eigenvalue weighted by Gasteiger charge is 2.23. The molecule has 2 rings (SSSR count). The summed E-state index contributed by atoms with van der Waals surface area (Å²) < 4.78 is 15.7. The van der Waals surface area contributed by atoms with Crippen molar-refractivity contribution in [2.75, 3.05) is 46.6 Å². The molecule has 0 atom stereocenters. The number of ether oxygens (including phenoxy) is 3. The molecule has 2 amide bonds. The lowest BCUT2D eigenvalue weighted by molar-refractivity contribution is -0.137. The normalized spacial score (nSPS) is 14.9. The average molecular weight is 364 g/mol. The molecule has 0 unspecified atom stereocenters. The standard InChI is InChI=1S/C19H28N2O5/c1-24-13-14-25-15-19(23)21-10-7-16(8-11-21)20-18(22)9-12-26-17-5-3-2-4-6-17/h2-6,16H,7-15H2,1H3,(H,20,22). The van der Waals surface area contributed by atoms with E-state index in [0.29, 0.717) is 39.3 Å². The molecule has 1 fully saturated rings. The zero-order valence-corrected chi connectivity index (χ0v) is 15.3. The van der Waals surface area contributed by atoms with Gasteiger partial charge in [0, 0.05) is 26.2 Å². The minimum atomic E-state index is -0.0198. The molecule has 7 heteroatoms. The van der Waals surface area contributed by atoms with Crippen molar-refractivity contribution in [2.24, 2.45) is 0 Å². The summed E-state index contributed by atoms with van der Waals surface area (Å²) in [6.45, 7) is 2.61. The summed E-state index contributed by atoms with van der Waals surface area (Å²) in [7, 11) is 1.60. The van der Waals surface area contributed by atoms with Crippen LogP contribution in [-0.2, 0) is 19.1 Å². The molecule has 7 nitrogen and oxygen atoms in total. The van der Waals surface area contributed by atoms with Gasteiger partial charge in [0.05, 0.1) is 26.2 Å². The first-order valence-corrected chi connectivity index (χ1v) is 9.00. The molecule has 0 saturated carbocycles. The quantitative estimate of drug-likeness (QED) is 0.632. The van der Waals surface area contributed by atoms with Gasteiger partial charge in [-0.2, -0.15) is 0 Å². The van der Waals surface area contributed by atoms with E-state index in [1.54, 1.807) is 12.0 Å². The molecule has 0 radical (unpaired) electrons. The molecule has 26 heavy (non-hydrogen) atoms. The van der Waals surface area contributed by atoms with E-state index in [1.807, 2.05) is 30.3 Å². The van der Waals surface area contributed by atoms with Gasteiger partial charge in [0.1, 0.15) is 12.4 Å². The van der Waals surface area contributed by atoms with Crippen molar-refractivity contribution in [3.63, 3.8) is 0 Å². The number of carbonyl (C=O) groups excluding carboxylic acids is 2. The van der Waals surface area contributed by atoms with Crippen LogP contribution in [0.1, 0.15) is 19.3 Å². The van der Waals surface area contributed by atoms with Gasteiger partial charge in [-0.25, -0.2) is 0 Å². The first-order valence-electron chi connectivity index (χ1n) is 9.00. The SMILES string of the molecule is COCCOCC(=O)N1CCC(NC(=O)CCOc2ccccc2)CC1. The van der Waals surface area contributed by atoms with Crippen LogP contribution in [-0.4, -0.2) is 69.4 Å². The van der Waals surface area contributed by atoms with Gasteiger partial charge in [0.2, 0.25) is 11.8 Å². The Morgan fingerprint density at radius 2 is 1.85 bits per heavy atom. The number of likely N-dealkylation sites (tertiary alicyclic amines) is 1. The van der Waals surface area contributed by atoms with Crippen LogP contribution in [0.4, 0.5) is 0 Å². The van der Waals surface area contributed by atoms with Gasteiger partial charge in [0.25, 0.3) is 0 Å². The predicted molar refractivity (Wildman–Crippen MR) is 97.0 cm³/mol. The van der Waals surface area contributed by atoms with Crippen LogP contribution in [0, 0.1) is 0 Å². The molecule has 1 N–H and O–H groups in total. The van der Waals surface area contributed by atoms with Crippen LogP contribution < -0.4 is 10.1 Å². The zero-order chi connectivity index (χ0) is 18.6. The summed E-state index contributed by atoms with van der Waals surface area (Å²) in [6.07, 6.45) is 1.84. The largest absolute Gasteiger partial charge is 0.493 e. The second-order valence-electron chi connectivity index (χ2n) is 6.18. The summed E-state index contributed by atoms with van der Waals surface area (Å²) in [4.78, 5) is 25.8. The zero-order valence-electron chi connectivity index (χ0n) is 15.3. The van der Waals surface area contributed by atoms with Crippen molar-refractivity contribution < 1.29 is 23.8 Å². The first-order chi connectivity index (χ1) is 12.7. The number of methoxy groups -OCH3 is 1. The Hall–Kier alpha value is -2.12. The molecular formula is C19H28N2O5. The Morgan fingerprint density at radius 1 is 1.12 bits per heavy atom. The summed E-state index contributed by atoms with van der Waals surface area (Å²) >= 11 is 0. The second kappa shape index (κ2) is 11.5. The number of hydrogen-bond acceptors (Lipinski definition) is 5. The highest BCUT2D eigenvalue weighted by Crippen LogP contribution is 2.11. The van der Waals surface area contributed by atoms with Gasteiger partial charge in [-0.3, -0.25) is 9.59 Å². The maximum atomic E-state index is 12.0. The summed E-state index contributed by atoms with van der Waals surface area (Å²) in [5.74, 6) is 0.732. The second-order valence-corrected chi connectivity index (χ2v) is 6.18. The van der Waals surface area contributed by atoms with Gasteiger partial charge in [-0.15, -0.1) is 0 Å². The lowest BCUT2D eigenvalue weighted by atomic mass is 10.0. The van der Waals surface area contributed by atoms with E-state index >= 15 is 0 Å². The van der Waals surface area contributed by atoms with E-state index in [0.717, 1.165) is 18.6 Å². The number of benzene rings is 1. The third kappa shape index (κ3) is 7.41. The van der Waals surface area contributed by atoms with Crippen LogP contribution >= 0.6 is 0 Å². The molecule has 0 aromatic heterocycles. The molecule has 1 saturated heterocycles. The summed E-state index contributed by atoms with van der Waals surface area (Å²) in [5, 5.41) is 3.02.